The molecule has 0 atom stereocenters. The largest absolute Gasteiger partial charge is 0.461 e. The van der Waals surface area contributed by atoms with Crippen molar-refractivity contribution in [3.05, 3.63) is 29.1 Å². The highest BCUT2D eigenvalue weighted by Gasteiger charge is 2.41. The molecule has 0 saturated carbocycles. The molecule has 18 heavy (non-hydrogen) atoms. The van der Waals surface area contributed by atoms with Gasteiger partial charge in [0.2, 0.25) is 0 Å². The van der Waals surface area contributed by atoms with E-state index in [-0.39, 0.29) is 6.61 Å². The second-order valence-corrected chi connectivity index (χ2v) is 3.14. The molecular formula is C10H8F5NO2. The maximum Gasteiger partial charge on any atom is 0.419 e. The highest BCUT2D eigenvalue weighted by molar-refractivity contribution is 5.89. The Hall–Kier alpha value is -1.73. The maximum atomic E-state index is 12.7. The zero-order valence-electron chi connectivity index (χ0n) is 9.09. The predicted molar refractivity (Wildman–Crippen MR) is 50.2 cm³/mol. The van der Waals surface area contributed by atoms with Crippen LogP contribution in [0.5, 0.6) is 0 Å². The lowest BCUT2D eigenvalue weighted by Crippen LogP contribution is -2.19. The van der Waals surface area contributed by atoms with Crippen LogP contribution in [-0.4, -0.2) is 17.6 Å². The summed E-state index contributed by atoms with van der Waals surface area (Å²) in [6.45, 7) is 1.19. The molecule has 1 heterocycles. The normalized spacial score (nSPS) is 11.7. The summed E-state index contributed by atoms with van der Waals surface area (Å²) in [4.78, 5) is 14.4. The monoisotopic (exact) mass is 269 g/mol. The van der Waals surface area contributed by atoms with Gasteiger partial charge in [-0.15, -0.1) is 0 Å². The number of esters is 1. The number of aromatic nitrogens is 1. The molecule has 1 aromatic heterocycles. The SMILES string of the molecule is CCOC(=O)c1nccc(C(F)F)c1C(F)(F)F. The van der Waals surface area contributed by atoms with Gasteiger partial charge in [0.25, 0.3) is 6.43 Å². The predicted octanol–water partition coefficient (Wildman–Crippen LogP) is 3.21. The first-order chi connectivity index (χ1) is 8.29. The Kier molecular flexibility index (Phi) is 4.20. The topological polar surface area (TPSA) is 39.2 Å². The molecule has 0 saturated heterocycles. The van der Waals surface area contributed by atoms with E-state index in [9.17, 15) is 26.7 Å². The standard InChI is InChI=1S/C10H8F5NO2/c1-2-18-9(17)7-6(10(13,14)15)5(8(11)12)3-4-16-7/h3-4,8H,2H2,1H3. The summed E-state index contributed by atoms with van der Waals surface area (Å²) >= 11 is 0. The Bertz CT molecular complexity index is 444. The van der Waals surface area contributed by atoms with Gasteiger partial charge in [0.1, 0.15) is 0 Å². The minimum atomic E-state index is -5.11. The number of carbonyl (C=O) groups excluding carboxylic acids is 1. The third-order valence-electron chi connectivity index (χ3n) is 1.97. The Morgan fingerprint density at radius 1 is 1.44 bits per heavy atom. The number of ether oxygens (including phenoxy) is 1. The van der Waals surface area contributed by atoms with Crippen molar-refractivity contribution in [1.82, 2.24) is 4.98 Å². The van der Waals surface area contributed by atoms with Crippen molar-refractivity contribution >= 4 is 5.97 Å². The van der Waals surface area contributed by atoms with Crippen LogP contribution in [0.1, 0.15) is 35.0 Å². The molecule has 8 heteroatoms. The summed E-state index contributed by atoms with van der Waals surface area (Å²) in [5.74, 6) is -1.38. The average molecular weight is 269 g/mol. The maximum absolute atomic E-state index is 12.7. The van der Waals surface area contributed by atoms with Gasteiger partial charge in [0.15, 0.2) is 5.69 Å². The van der Waals surface area contributed by atoms with Crippen molar-refractivity contribution in [1.29, 1.82) is 0 Å². The van der Waals surface area contributed by atoms with E-state index in [4.69, 9.17) is 0 Å². The van der Waals surface area contributed by atoms with E-state index in [1.165, 1.54) is 6.92 Å². The summed E-state index contributed by atoms with van der Waals surface area (Å²) in [7, 11) is 0. The van der Waals surface area contributed by atoms with E-state index in [1.807, 2.05) is 0 Å². The van der Waals surface area contributed by atoms with Crippen LogP contribution in [-0.2, 0) is 10.9 Å². The lowest BCUT2D eigenvalue weighted by atomic mass is 10.1. The number of hydrogen-bond donors (Lipinski definition) is 0. The van der Waals surface area contributed by atoms with E-state index in [1.54, 1.807) is 0 Å². The van der Waals surface area contributed by atoms with Crippen LogP contribution < -0.4 is 0 Å². The molecule has 0 aromatic carbocycles. The van der Waals surface area contributed by atoms with Crippen LogP contribution in [0.25, 0.3) is 0 Å². The molecule has 3 nitrogen and oxygen atoms in total. The van der Waals surface area contributed by atoms with Crippen molar-refractivity contribution in [2.75, 3.05) is 6.61 Å². The Morgan fingerprint density at radius 3 is 2.50 bits per heavy atom. The molecule has 0 N–H and O–H groups in total. The summed E-state index contributed by atoms with van der Waals surface area (Å²) in [6, 6.07) is 0.524. The molecule has 0 aliphatic carbocycles. The first-order valence-electron chi connectivity index (χ1n) is 4.80. The molecule has 0 fully saturated rings. The molecule has 1 rings (SSSR count). The third kappa shape index (κ3) is 2.93. The smallest absolute Gasteiger partial charge is 0.419 e. The van der Waals surface area contributed by atoms with Crippen LogP contribution in [0.2, 0.25) is 0 Å². The van der Waals surface area contributed by atoms with Gasteiger partial charge >= 0.3 is 12.1 Å². The van der Waals surface area contributed by atoms with Crippen molar-refractivity contribution in [3.63, 3.8) is 0 Å². The van der Waals surface area contributed by atoms with E-state index in [2.05, 4.69) is 9.72 Å². The molecule has 0 spiro atoms. The highest BCUT2D eigenvalue weighted by Crippen LogP contribution is 2.38. The fourth-order valence-corrected chi connectivity index (χ4v) is 1.31. The van der Waals surface area contributed by atoms with Crippen molar-refractivity contribution < 1.29 is 31.5 Å². The fourth-order valence-electron chi connectivity index (χ4n) is 1.31. The van der Waals surface area contributed by atoms with Gasteiger partial charge in [-0.2, -0.15) is 13.2 Å². The van der Waals surface area contributed by atoms with Gasteiger partial charge in [0, 0.05) is 11.8 Å². The van der Waals surface area contributed by atoms with Gasteiger partial charge in [-0.25, -0.2) is 18.6 Å². The van der Waals surface area contributed by atoms with Crippen molar-refractivity contribution in [2.24, 2.45) is 0 Å². The summed E-state index contributed by atoms with van der Waals surface area (Å²) in [5, 5.41) is 0. The lowest BCUT2D eigenvalue weighted by Gasteiger charge is -2.15. The average Bonchev–Trinajstić information content (AvgIpc) is 2.27. The van der Waals surface area contributed by atoms with Crippen molar-refractivity contribution in [3.8, 4) is 0 Å². The molecular weight excluding hydrogens is 261 g/mol. The van der Waals surface area contributed by atoms with E-state index in [0.717, 1.165) is 0 Å². The number of halogens is 5. The number of pyridine rings is 1. The van der Waals surface area contributed by atoms with Gasteiger partial charge in [0.05, 0.1) is 12.2 Å². The first kappa shape index (κ1) is 14.3. The van der Waals surface area contributed by atoms with Crippen LogP contribution in [0.3, 0.4) is 0 Å². The quantitative estimate of drug-likeness (QED) is 0.624. The highest BCUT2D eigenvalue weighted by atomic mass is 19.4. The zero-order chi connectivity index (χ0) is 13.9. The summed E-state index contributed by atoms with van der Waals surface area (Å²) in [6.07, 6.45) is -7.76. The number of carbonyl (C=O) groups is 1. The first-order valence-corrected chi connectivity index (χ1v) is 4.80. The molecule has 0 unspecified atom stereocenters. The van der Waals surface area contributed by atoms with E-state index in [0.29, 0.717) is 12.3 Å². The molecule has 0 radical (unpaired) electrons. The molecule has 0 aliphatic rings. The molecule has 0 amide bonds. The molecule has 0 aliphatic heterocycles. The molecule has 100 valence electrons. The minimum Gasteiger partial charge on any atom is -0.461 e. The molecule has 1 aromatic rings. The van der Waals surface area contributed by atoms with Crippen molar-refractivity contribution in [2.45, 2.75) is 19.5 Å². The summed E-state index contributed by atoms with van der Waals surface area (Å²) < 4.78 is 67.4. The van der Waals surface area contributed by atoms with Crippen LogP contribution in [0, 0.1) is 0 Å². The number of hydrogen-bond acceptors (Lipinski definition) is 3. The zero-order valence-corrected chi connectivity index (χ0v) is 9.09. The van der Waals surface area contributed by atoms with E-state index >= 15 is 0 Å². The van der Waals surface area contributed by atoms with Gasteiger partial charge in [-0.3, -0.25) is 0 Å². The number of nitrogens with zero attached hydrogens (tertiary/aromatic N) is 1. The Labute approximate surface area is 98.6 Å². The summed E-state index contributed by atoms with van der Waals surface area (Å²) in [5.41, 5.74) is -4.19. The minimum absolute atomic E-state index is 0.184. The second-order valence-electron chi connectivity index (χ2n) is 3.14. The van der Waals surface area contributed by atoms with Crippen LogP contribution in [0.4, 0.5) is 22.0 Å². The second kappa shape index (κ2) is 5.28. The van der Waals surface area contributed by atoms with Gasteiger partial charge in [-0.1, -0.05) is 0 Å². The number of alkyl halides is 5. The Balaban J connectivity index is 3.43. The van der Waals surface area contributed by atoms with Crippen LogP contribution in [0.15, 0.2) is 12.3 Å². The molecule has 0 bridgehead atoms. The van der Waals surface area contributed by atoms with E-state index < -0.39 is 35.4 Å². The van der Waals surface area contributed by atoms with Gasteiger partial charge < -0.3 is 4.74 Å². The van der Waals surface area contributed by atoms with Crippen LogP contribution >= 0.6 is 0 Å². The van der Waals surface area contributed by atoms with Gasteiger partial charge in [-0.05, 0) is 13.0 Å². The Morgan fingerprint density at radius 2 is 2.06 bits per heavy atom. The lowest BCUT2D eigenvalue weighted by molar-refractivity contribution is -0.140. The number of rotatable bonds is 3. The fraction of sp³-hybridized carbons (Fsp3) is 0.400. The third-order valence-corrected chi connectivity index (χ3v) is 1.97.